The van der Waals surface area contributed by atoms with E-state index in [9.17, 15) is 9.59 Å². The fourth-order valence-electron chi connectivity index (χ4n) is 1.63. The van der Waals surface area contributed by atoms with E-state index in [4.69, 9.17) is 4.74 Å². The molecule has 0 bridgehead atoms. The van der Waals surface area contributed by atoms with Gasteiger partial charge >= 0.3 is 5.97 Å². The highest BCUT2D eigenvalue weighted by Crippen LogP contribution is 2.05. The Hall–Kier alpha value is -2.70. The highest BCUT2D eigenvalue weighted by Gasteiger charge is 2.13. The molecule has 0 aliphatic heterocycles. The minimum absolute atomic E-state index is 0.00198. The van der Waals surface area contributed by atoms with E-state index in [1.807, 2.05) is 19.1 Å². The normalized spacial score (nSPS) is 10.2. The lowest BCUT2D eigenvalue weighted by Crippen LogP contribution is -2.15. The van der Waals surface area contributed by atoms with Crippen LogP contribution in [0.4, 0.5) is 5.95 Å². The van der Waals surface area contributed by atoms with Gasteiger partial charge in [0.15, 0.2) is 5.78 Å². The third-order valence-corrected chi connectivity index (χ3v) is 2.73. The van der Waals surface area contributed by atoms with Crippen molar-refractivity contribution in [2.45, 2.75) is 13.8 Å². The Morgan fingerprint density at radius 3 is 2.67 bits per heavy atom. The van der Waals surface area contributed by atoms with E-state index < -0.39 is 5.97 Å². The van der Waals surface area contributed by atoms with Crippen LogP contribution in [-0.4, -0.2) is 40.1 Å². The fourth-order valence-corrected chi connectivity index (χ4v) is 1.63. The number of hydrogen-bond acceptors (Lipinski definition) is 6. The van der Waals surface area contributed by atoms with Crippen LogP contribution in [-0.2, 0) is 4.74 Å². The zero-order valence-corrected chi connectivity index (χ0v) is 11.8. The average molecular weight is 288 g/mol. The molecule has 7 heteroatoms. The van der Waals surface area contributed by atoms with Crippen LogP contribution in [0.15, 0.2) is 24.3 Å². The molecule has 7 nitrogen and oxygen atoms in total. The molecule has 0 saturated heterocycles. The van der Waals surface area contributed by atoms with Crippen LogP contribution >= 0.6 is 0 Å². The summed E-state index contributed by atoms with van der Waals surface area (Å²) in [4.78, 5) is 27.3. The van der Waals surface area contributed by atoms with Crippen LogP contribution in [0.3, 0.4) is 0 Å². The van der Waals surface area contributed by atoms with Gasteiger partial charge in [-0.05, 0) is 13.8 Å². The lowest BCUT2D eigenvalue weighted by Gasteiger charge is -2.02. The summed E-state index contributed by atoms with van der Waals surface area (Å²) in [5.41, 5.74) is 1.70. The molecule has 0 fully saturated rings. The van der Waals surface area contributed by atoms with Crippen molar-refractivity contribution in [1.29, 1.82) is 0 Å². The molecule has 2 aromatic rings. The third-order valence-electron chi connectivity index (χ3n) is 2.73. The highest BCUT2D eigenvalue weighted by atomic mass is 16.5. The standard InChI is InChI=1S/C14H16N4O3/c1-3-21-13(20)12-16-14(18-17-12)15-8-11(19)10-6-4-9(2)5-7-10/h4-7H,3,8H2,1-2H3,(H2,15,16,17,18). The number of ketones is 1. The Morgan fingerprint density at radius 1 is 1.29 bits per heavy atom. The van der Waals surface area contributed by atoms with Crippen LogP contribution in [0, 0.1) is 6.92 Å². The molecular weight excluding hydrogens is 272 g/mol. The topological polar surface area (TPSA) is 97.0 Å². The molecule has 0 atom stereocenters. The zero-order valence-electron chi connectivity index (χ0n) is 11.8. The summed E-state index contributed by atoms with van der Waals surface area (Å²) in [6.07, 6.45) is 0. The van der Waals surface area contributed by atoms with Gasteiger partial charge in [-0.15, -0.1) is 5.10 Å². The van der Waals surface area contributed by atoms with Crippen molar-refractivity contribution >= 4 is 17.7 Å². The molecule has 0 unspecified atom stereocenters. The first-order valence-corrected chi connectivity index (χ1v) is 6.53. The third kappa shape index (κ3) is 3.88. The molecule has 0 aliphatic carbocycles. The van der Waals surface area contributed by atoms with Gasteiger partial charge in [-0.3, -0.25) is 9.89 Å². The minimum atomic E-state index is -0.581. The van der Waals surface area contributed by atoms with Gasteiger partial charge in [0.25, 0.3) is 0 Å². The number of nitrogens with one attached hydrogen (secondary N) is 2. The van der Waals surface area contributed by atoms with Crippen molar-refractivity contribution in [3.8, 4) is 0 Å². The minimum Gasteiger partial charge on any atom is -0.460 e. The first-order valence-electron chi connectivity index (χ1n) is 6.53. The Balaban J connectivity index is 1.92. The Labute approximate surface area is 121 Å². The second-order valence-corrected chi connectivity index (χ2v) is 4.37. The molecule has 1 heterocycles. The molecule has 2 rings (SSSR count). The van der Waals surface area contributed by atoms with E-state index in [1.54, 1.807) is 19.1 Å². The van der Waals surface area contributed by atoms with Crippen LogP contribution in [0.5, 0.6) is 0 Å². The Kier molecular flexibility index (Phi) is 4.65. The number of rotatable bonds is 6. The van der Waals surface area contributed by atoms with Gasteiger partial charge in [-0.1, -0.05) is 29.8 Å². The Bertz CT molecular complexity index is 634. The quantitative estimate of drug-likeness (QED) is 0.619. The number of anilines is 1. The summed E-state index contributed by atoms with van der Waals surface area (Å²) in [6, 6.07) is 7.28. The Morgan fingerprint density at radius 2 is 2.00 bits per heavy atom. The van der Waals surface area contributed by atoms with Gasteiger partial charge < -0.3 is 10.1 Å². The number of esters is 1. The highest BCUT2D eigenvalue weighted by molar-refractivity contribution is 5.98. The molecule has 0 radical (unpaired) electrons. The zero-order chi connectivity index (χ0) is 15.2. The molecule has 110 valence electrons. The molecule has 0 amide bonds. The number of Topliss-reactive ketones (excluding diaryl/α,β-unsaturated/α-hetero) is 1. The summed E-state index contributed by atoms with van der Waals surface area (Å²) in [5, 5.41) is 9.01. The van der Waals surface area contributed by atoms with Crippen LogP contribution in [0.25, 0.3) is 0 Å². The van der Waals surface area contributed by atoms with Crippen molar-refractivity contribution in [2.75, 3.05) is 18.5 Å². The van der Waals surface area contributed by atoms with Gasteiger partial charge in [0, 0.05) is 5.56 Å². The van der Waals surface area contributed by atoms with Gasteiger partial charge in [0.2, 0.25) is 11.8 Å². The molecule has 0 saturated carbocycles. The number of aromatic nitrogens is 3. The summed E-state index contributed by atoms with van der Waals surface area (Å²) in [6.45, 7) is 3.96. The molecule has 1 aromatic carbocycles. The first-order chi connectivity index (χ1) is 10.1. The number of aryl methyl sites for hydroxylation is 1. The van der Waals surface area contributed by atoms with Crippen molar-refractivity contribution in [1.82, 2.24) is 15.2 Å². The number of benzene rings is 1. The van der Waals surface area contributed by atoms with E-state index in [0.717, 1.165) is 5.56 Å². The van der Waals surface area contributed by atoms with Crippen molar-refractivity contribution in [3.63, 3.8) is 0 Å². The van der Waals surface area contributed by atoms with Crippen LogP contribution in [0.1, 0.15) is 33.5 Å². The molecule has 0 aliphatic rings. The van der Waals surface area contributed by atoms with Gasteiger partial charge in [0.05, 0.1) is 13.2 Å². The number of aromatic amines is 1. The van der Waals surface area contributed by atoms with Crippen LogP contribution in [0.2, 0.25) is 0 Å². The van der Waals surface area contributed by atoms with E-state index in [1.165, 1.54) is 0 Å². The molecule has 21 heavy (non-hydrogen) atoms. The molecular formula is C14H16N4O3. The number of ether oxygens (including phenoxy) is 1. The van der Waals surface area contributed by atoms with E-state index in [-0.39, 0.29) is 30.7 Å². The lowest BCUT2D eigenvalue weighted by atomic mass is 10.1. The van der Waals surface area contributed by atoms with E-state index in [2.05, 4.69) is 20.5 Å². The molecule has 2 N–H and O–H groups in total. The predicted octanol–water partition coefficient (Wildman–Crippen LogP) is 1.58. The van der Waals surface area contributed by atoms with Crippen molar-refractivity contribution in [2.24, 2.45) is 0 Å². The second-order valence-electron chi connectivity index (χ2n) is 4.37. The average Bonchev–Trinajstić information content (AvgIpc) is 2.95. The number of H-pyrrole nitrogens is 1. The van der Waals surface area contributed by atoms with Gasteiger partial charge in [-0.25, -0.2) is 4.79 Å². The van der Waals surface area contributed by atoms with Crippen molar-refractivity contribution < 1.29 is 14.3 Å². The van der Waals surface area contributed by atoms with Crippen molar-refractivity contribution in [3.05, 3.63) is 41.2 Å². The maximum atomic E-state index is 12.0. The van der Waals surface area contributed by atoms with E-state index in [0.29, 0.717) is 5.56 Å². The maximum Gasteiger partial charge on any atom is 0.375 e. The summed E-state index contributed by atoms with van der Waals surface area (Å²) in [5.74, 6) is -0.485. The van der Waals surface area contributed by atoms with E-state index >= 15 is 0 Å². The maximum absolute atomic E-state index is 12.0. The SMILES string of the molecule is CCOC(=O)c1nc(NCC(=O)c2ccc(C)cc2)n[nH]1. The summed E-state index contributed by atoms with van der Waals surface area (Å²) >= 11 is 0. The molecule has 1 aromatic heterocycles. The number of carbonyl (C=O) groups excluding carboxylic acids is 2. The first kappa shape index (κ1) is 14.7. The predicted molar refractivity (Wildman–Crippen MR) is 76.3 cm³/mol. The lowest BCUT2D eigenvalue weighted by molar-refractivity contribution is 0.0512. The summed E-state index contributed by atoms with van der Waals surface area (Å²) < 4.78 is 4.78. The molecule has 0 spiro atoms. The number of nitrogens with zero attached hydrogens (tertiary/aromatic N) is 2. The largest absolute Gasteiger partial charge is 0.460 e. The number of carbonyl (C=O) groups is 2. The second kappa shape index (κ2) is 6.65. The van der Waals surface area contributed by atoms with Gasteiger partial charge in [-0.2, -0.15) is 4.98 Å². The van der Waals surface area contributed by atoms with Crippen LogP contribution < -0.4 is 5.32 Å². The number of hydrogen-bond donors (Lipinski definition) is 2. The monoisotopic (exact) mass is 288 g/mol. The van der Waals surface area contributed by atoms with Gasteiger partial charge in [0.1, 0.15) is 0 Å². The smallest absolute Gasteiger partial charge is 0.375 e. The summed E-state index contributed by atoms with van der Waals surface area (Å²) in [7, 11) is 0. The fraction of sp³-hybridized carbons (Fsp3) is 0.286.